The van der Waals surface area contributed by atoms with Crippen LogP contribution in [0.4, 0.5) is 0 Å². The Balaban J connectivity index is 1.23. The second-order valence-corrected chi connectivity index (χ2v) is 8.86. The molecule has 176 valence electrons. The number of fused-ring (bicyclic) bond motifs is 1. The highest BCUT2D eigenvalue weighted by Crippen LogP contribution is 2.19. The Kier molecular flexibility index (Phi) is 8.61. The van der Waals surface area contributed by atoms with Crippen molar-refractivity contribution in [3.05, 3.63) is 59.4 Å². The van der Waals surface area contributed by atoms with E-state index in [0.29, 0.717) is 24.8 Å². The maximum absolute atomic E-state index is 12.0. The molecule has 2 aromatic carbocycles. The number of halogens is 1. The predicted octanol–water partition coefficient (Wildman–Crippen LogP) is 5.17. The Labute approximate surface area is 200 Å². The van der Waals surface area contributed by atoms with Crippen LogP contribution in [0.5, 0.6) is 5.75 Å². The average Bonchev–Trinajstić information content (AvgIpc) is 3.49. The molecule has 1 atom stereocenters. The Morgan fingerprint density at radius 1 is 1.12 bits per heavy atom. The van der Waals surface area contributed by atoms with Gasteiger partial charge in [-0.05, 0) is 68.5 Å². The fourth-order valence-corrected chi connectivity index (χ4v) is 4.33. The number of hydrogen-bond donors (Lipinski definition) is 1. The zero-order valence-electron chi connectivity index (χ0n) is 19.0. The lowest BCUT2D eigenvalue weighted by atomic mass is 10.1. The van der Waals surface area contributed by atoms with Gasteiger partial charge >= 0.3 is 0 Å². The van der Waals surface area contributed by atoms with Crippen LogP contribution >= 0.6 is 11.6 Å². The smallest absolute Gasteiger partial charge is 0.249 e. The molecule has 1 saturated heterocycles. The largest absolute Gasteiger partial charge is 0.494 e. The lowest BCUT2D eigenvalue weighted by Gasteiger charge is -2.11. The first-order chi connectivity index (χ1) is 16.2. The van der Waals surface area contributed by atoms with Gasteiger partial charge in [-0.15, -0.1) is 0 Å². The molecule has 1 fully saturated rings. The van der Waals surface area contributed by atoms with Crippen molar-refractivity contribution in [2.45, 2.75) is 57.6 Å². The van der Waals surface area contributed by atoms with Gasteiger partial charge < -0.3 is 19.4 Å². The van der Waals surface area contributed by atoms with E-state index < -0.39 is 0 Å². The third-order valence-electron chi connectivity index (χ3n) is 5.94. The number of nitrogens with one attached hydrogen (secondary N) is 1. The zero-order valence-corrected chi connectivity index (χ0v) is 19.7. The maximum Gasteiger partial charge on any atom is 0.249 e. The minimum Gasteiger partial charge on any atom is -0.494 e. The number of hydrogen-bond acceptors (Lipinski definition) is 4. The number of carbonyl (C=O) groups excluding carboxylic acids is 1. The fraction of sp³-hybridized carbons (Fsp3) is 0.462. The van der Waals surface area contributed by atoms with Crippen molar-refractivity contribution in [1.29, 1.82) is 0 Å². The molecular formula is C26H32ClN3O3. The highest BCUT2D eigenvalue weighted by atomic mass is 35.5. The third kappa shape index (κ3) is 6.71. The number of para-hydroxylation sites is 2. The summed E-state index contributed by atoms with van der Waals surface area (Å²) in [5, 5.41) is 3.71. The van der Waals surface area contributed by atoms with E-state index in [1.54, 1.807) is 0 Å². The maximum atomic E-state index is 12.0. The number of ether oxygens (including phenoxy) is 2. The molecule has 3 aromatic rings. The molecule has 4 rings (SSSR count). The topological polar surface area (TPSA) is 65.4 Å². The van der Waals surface area contributed by atoms with Gasteiger partial charge in [0.1, 0.15) is 17.7 Å². The summed E-state index contributed by atoms with van der Waals surface area (Å²) in [5.41, 5.74) is 2.21. The predicted molar refractivity (Wildman–Crippen MR) is 131 cm³/mol. The second kappa shape index (κ2) is 12.1. The summed E-state index contributed by atoms with van der Waals surface area (Å²) in [6.45, 7) is 2.91. The van der Waals surface area contributed by atoms with E-state index in [2.05, 4.69) is 28.1 Å². The van der Waals surface area contributed by atoms with Crippen LogP contribution in [-0.2, 0) is 22.5 Å². The number of aryl methyl sites for hydroxylation is 2. The van der Waals surface area contributed by atoms with Crippen molar-refractivity contribution >= 4 is 28.5 Å². The summed E-state index contributed by atoms with van der Waals surface area (Å²) < 4.78 is 13.6. The number of imidazole rings is 1. The van der Waals surface area contributed by atoms with E-state index in [4.69, 9.17) is 26.1 Å². The number of unbranched alkanes of at least 4 members (excludes halogenated alkanes) is 2. The number of rotatable bonds is 12. The van der Waals surface area contributed by atoms with Crippen molar-refractivity contribution in [3.63, 3.8) is 0 Å². The molecule has 33 heavy (non-hydrogen) atoms. The molecule has 0 spiro atoms. The van der Waals surface area contributed by atoms with E-state index in [1.807, 2.05) is 30.3 Å². The molecule has 1 aliphatic heterocycles. The summed E-state index contributed by atoms with van der Waals surface area (Å²) in [4.78, 5) is 16.9. The monoisotopic (exact) mass is 469 g/mol. The highest BCUT2D eigenvalue weighted by Gasteiger charge is 2.22. The van der Waals surface area contributed by atoms with Gasteiger partial charge in [0.05, 0.1) is 17.6 Å². The normalized spacial score (nSPS) is 15.7. The van der Waals surface area contributed by atoms with Gasteiger partial charge in [-0.2, -0.15) is 0 Å². The van der Waals surface area contributed by atoms with Gasteiger partial charge in [0, 0.05) is 31.1 Å². The van der Waals surface area contributed by atoms with Gasteiger partial charge in [-0.1, -0.05) is 30.2 Å². The van der Waals surface area contributed by atoms with Crippen LogP contribution in [0.3, 0.4) is 0 Å². The van der Waals surface area contributed by atoms with Crippen LogP contribution in [0.2, 0.25) is 5.02 Å². The molecule has 7 heteroatoms. The van der Waals surface area contributed by atoms with E-state index in [1.165, 1.54) is 5.52 Å². The van der Waals surface area contributed by atoms with Crippen LogP contribution in [-0.4, -0.2) is 41.3 Å². The van der Waals surface area contributed by atoms with E-state index in [0.717, 1.165) is 68.6 Å². The molecule has 2 heterocycles. The molecule has 1 aliphatic rings. The number of nitrogens with zero attached hydrogens (tertiary/aromatic N) is 2. The number of benzene rings is 2. The summed E-state index contributed by atoms with van der Waals surface area (Å²) in [6.07, 6.45) is 6.45. The minimum absolute atomic E-state index is 0.0371. The zero-order chi connectivity index (χ0) is 22.9. The first-order valence-electron chi connectivity index (χ1n) is 11.9. The lowest BCUT2D eigenvalue weighted by Crippen LogP contribution is -2.34. The van der Waals surface area contributed by atoms with Gasteiger partial charge in [-0.3, -0.25) is 4.79 Å². The van der Waals surface area contributed by atoms with Crippen LogP contribution in [0.1, 0.15) is 44.3 Å². The van der Waals surface area contributed by atoms with Crippen molar-refractivity contribution < 1.29 is 14.3 Å². The van der Waals surface area contributed by atoms with Gasteiger partial charge in [0.25, 0.3) is 0 Å². The quantitative estimate of drug-likeness (QED) is 0.372. The highest BCUT2D eigenvalue weighted by molar-refractivity contribution is 6.30. The molecule has 1 N–H and O–H groups in total. The molecule has 0 radical (unpaired) electrons. The Hall–Kier alpha value is -2.57. The molecule has 0 bridgehead atoms. The summed E-state index contributed by atoms with van der Waals surface area (Å²) in [6, 6.07) is 15.8. The molecule has 1 amide bonds. The Morgan fingerprint density at radius 3 is 2.79 bits per heavy atom. The summed E-state index contributed by atoms with van der Waals surface area (Å²) in [7, 11) is 0. The first kappa shape index (κ1) is 23.6. The fourth-order valence-electron chi connectivity index (χ4n) is 4.20. The van der Waals surface area contributed by atoms with Gasteiger partial charge in [0.15, 0.2) is 0 Å². The number of aromatic nitrogens is 2. The van der Waals surface area contributed by atoms with Crippen LogP contribution in [0.15, 0.2) is 48.5 Å². The van der Waals surface area contributed by atoms with Gasteiger partial charge in [-0.25, -0.2) is 4.98 Å². The molecule has 1 aromatic heterocycles. The van der Waals surface area contributed by atoms with Crippen LogP contribution in [0.25, 0.3) is 11.0 Å². The summed E-state index contributed by atoms with van der Waals surface area (Å²) >= 11 is 5.93. The third-order valence-corrected chi connectivity index (χ3v) is 6.19. The average molecular weight is 470 g/mol. The first-order valence-corrected chi connectivity index (χ1v) is 12.3. The van der Waals surface area contributed by atoms with E-state index in [-0.39, 0.29) is 12.0 Å². The SMILES string of the molecule is O=C(NCCCCCc1nc2ccccc2n1CCCOc1ccc(Cl)cc1)C1CCCO1. The van der Waals surface area contributed by atoms with Crippen molar-refractivity contribution in [3.8, 4) is 5.75 Å². The standard InChI is InChI=1S/C26H32ClN3O3/c27-20-12-14-21(15-13-20)32-19-7-17-30-23-9-4-3-8-22(23)29-25(30)11-2-1-5-16-28-26(31)24-10-6-18-33-24/h3-4,8-9,12-15,24H,1-2,5-7,10-11,16-19H2,(H,28,31). The Bertz CT molecular complexity index is 1030. The molecular weight excluding hydrogens is 438 g/mol. The number of carbonyl (C=O) groups is 1. The lowest BCUT2D eigenvalue weighted by molar-refractivity contribution is -0.130. The van der Waals surface area contributed by atoms with Crippen LogP contribution in [0, 0.1) is 0 Å². The second-order valence-electron chi connectivity index (χ2n) is 8.43. The number of amides is 1. The van der Waals surface area contributed by atoms with Crippen molar-refractivity contribution in [2.75, 3.05) is 19.8 Å². The molecule has 6 nitrogen and oxygen atoms in total. The van der Waals surface area contributed by atoms with Crippen molar-refractivity contribution in [2.24, 2.45) is 0 Å². The van der Waals surface area contributed by atoms with Gasteiger partial charge in [0.2, 0.25) is 5.91 Å². The van der Waals surface area contributed by atoms with E-state index in [9.17, 15) is 4.79 Å². The van der Waals surface area contributed by atoms with Crippen LogP contribution < -0.4 is 10.1 Å². The molecule has 0 aliphatic carbocycles. The van der Waals surface area contributed by atoms with Crippen molar-refractivity contribution in [1.82, 2.24) is 14.9 Å². The van der Waals surface area contributed by atoms with E-state index >= 15 is 0 Å². The molecule has 0 saturated carbocycles. The Morgan fingerprint density at radius 2 is 1.97 bits per heavy atom. The summed E-state index contributed by atoms with van der Waals surface area (Å²) in [5.74, 6) is 1.99. The molecule has 1 unspecified atom stereocenters. The minimum atomic E-state index is -0.242.